The van der Waals surface area contributed by atoms with Gasteiger partial charge in [0.15, 0.2) is 17.7 Å². The van der Waals surface area contributed by atoms with Gasteiger partial charge in [0, 0.05) is 11.5 Å². The fourth-order valence-electron chi connectivity index (χ4n) is 4.23. The Morgan fingerprint density at radius 2 is 2.09 bits per heavy atom. The Kier molecular flexibility index (Phi) is 3.45. The number of aliphatic hydroxyl groups excluding tert-OH is 2. The number of rotatable bonds is 1. The topological polar surface area (TPSA) is 113 Å². The highest BCUT2D eigenvalue weighted by Gasteiger charge is 2.71. The maximum absolute atomic E-state index is 12.3. The average molecular weight is 312 g/mol. The Morgan fingerprint density at radius 1 is 1.41 bits per heavy atom. The number of carbonyl (C=O) groups is 2. The summed E-state index contributed by atoms with van der Waals surface area (Å²) in [5.41, 5.74) is -1.21. The molecule has 1 aliphatic carbocycles. The highest BCUT2D eigenvalue weighted by molar-refractivity contribution is 6.00. The number of esters is 1. The minimum absolute atomic E-state index is 0.114. The highest BCUT2D eigenvalue weighted by atomic mass is 16.7. The van der Waals surface area contributed by atoms with E-state index in [-0.39, 0.29) is 24.5 Å². The molecule has 0 aromatic carbocycles. The van der Waals surface area contributed by atoms with Crippen molar-refractivity contribution in [1.29, 1.82) is 0 Å². The summed E-state index contributed by atoms with van der Waals surface area (Å²) in [7, 11) is 0. The van der Waals surface area contributed by atoms with E-state index in [4.69, 9.17) is 9.47 Å². The second-order valence-corrected chi connectivity index (χ2v) is 6.55. The Balaban J connectivity index is 2.12. The molecule has 122 valence electrons. The lowest BCUT2D eigenvalue weighted by molar-refractivity contribution is -0.248. The molecule has 2 saturated heterocycles. The number of carbonyl (C=O) groups excluding carboxylic acids is 2. The molecule has 2 fully saturated rings. The lowest BCUT2D eigenvalue weighted by Gasteiger charge is -2.48. The predicted octanol–water partition coefficient (Wildman–Crippen LogP) is -0.858. The Morgan fingerprint density at radius 3 is 2.73 bits per heavy atom. The molecular weight excluding hydrogens is 292 g/mol. The Bertz CT molecular complexity index is 552. The number of allylic oxidation sites excluding steroid dienone is 1. The first-order chi connectivity index (χ1) is 10.3. The van der Waals surface area contributed by atoms with E-state index in [1.54, 1.807) is 0 Å². The Labute approximate surface area is 127 Å². The summed E-state index contributed by atoms with van der Waals surface area (Å²) in [5, 5.41) is 30.6. The molecule has 6 atom stereocenters. The van der Waals surface area contributed by atoms with Crippen LogP contribution in [0.15, 0.2) is 11.6 Å². The average Bonchev–Trinajstić information content (AvgIpc) is 2.70. The second-order valence-electron chi connectivity index (χ2n) is 6.55. The maximum atomic E-state index is 12.3. The zero-order chi connectivity index (χ0) is 16.3. The van der Waals surface area contributed by atoms with Gasteiger partial charge in [0.25, 0.3) is 0 Å². The van der Waals surface area contributed by atoms with Gasteiger partial charge in [-0.25, -0.2) is 4.79 Å². The van der Waals surface area contributed by atoms with Crippen molar-refractivity contribution in [2.24, 2.45) is 17.3 Å². The van der Waals surface area contributed by atoms with Crippen LogP contribution >= 0.6 is 0 Å². The van der Waals surface area contributed by atoms with Crippen LogP contribution in [0.3, 0.4) is 0 Å². The van der Waals surface area contributed by atoms with E-state index in [1.165, 1.54) is 13.0 Å². The largest absolute Gasteiger partial charge is 0.463 e. The van der Waals surface area contributed by atoms with E-state index in [2.05, 4.69) is 0 Å². The number of hydrogen-bond donors (Lipinski definition) is 3. The summed E-state index contributed by atoms with van der Waals surface area (Å²) in [4.78, 5) is 24.3. The number of aliphatic hydroxyl groups is 3. The van der Waals surface area contributed by atoms with E-state index < -0.39 is 47.7 Å². The molecule has 0 amide bonds. The van der Waals surface area contributed by atoms with Gasteiger partial charge >= 0.3 is 5.97 Å². The van der Waals surface area contributed by atoms with Crippen molar-refractivity contribution < 1.29 is 34.4 Å². The van der Waals surface area contributed by atoms with Gasteiger partial charge in [-0.3, -0.25) is 4.79 Å². The normalized spacial score (nSPS) is 48.1. The molecule has 0 bridgehead atoms. The lowest BCUT2D eigenvalue weighted by Crippen LogP contribution is -2.60. The van der Waals surface area contributed by atoms with Crippen LogP contribution in [0.4, 0.5) is 0 Å². The smallest absolute Gasteiger partial charge is 0.335 e. The molecule has 7 nitrogen and oxygen atoms in total. The number of ether oxygens (including phenoxy) is 2. The molecule has 1 spiro atoms. The van der Waals surface area contributed by atoms with Gasteiger partial charge < -0.3 is 24.8 Å². The van der Waals surface area contributed by atoms with E-state index >= 15 is 0 Å². The van der Waals surface area contributed by atoms with Crippen LogP contribution in [0, 0.1) is 17.3 Å². The summed E-state index contributed by atoms with van der Waals surface area (Å²) >= 11 is 0. The third-order valence-electron chi connectivity index (χ3n) is 5.38. The number of fused-ring (bicyclic) bond motifs is 2. The van der Waals surface area contributed by atoms with Gasteiger partial charge in [-0.1, -0.05) is 13.0 Å². The fraction of sp³-hybridized carbons (Fsp3) is 0.733. The molecular formula is C15H20O7. The molecule has 0 radical (unpaired) electrons. The molecule has 0 saturated carbocycles. The summed E-state index contributed by atoms with van der Waals surface area (Å²) in [6, 6.07) is 0. The van der Waals surface area contributed by atoms with Gasteiger partial charge in [-0.15, -0.1) is 0 Å². The lowest BCUT2D eigenvalue weighted by atomic mass is 9.57. The first-order valence-electron chi connectivity index (χ1n) is 7.35. The molecule has 2 heterocycles. The third kappa shape index (κ3) is 1.76. The van der Waals surface area contributed by atoms with Crippen LogP contribution in [0.2, 0.25) is 0 Å². The minimum Gasteiger partial charge on any atom is -0.463 e. The first kappa shape index (κ1) is 15.6. The van der Waals surface area contributed by atoms with Gasteiger partial charge in [-0.05, 0) is 19.3 Å². The van der Waals surface area contributed by atoms with Gasteiger partial charge in [0.05, 0.1) is 18.6 Å². The summed E-state index contributed by atoms with van der Waals surface area (Å²) in [6.07, 6.45) is -0.896. The van der Waals surface area contributed by atoms with Crippen LogP contribution in [-0.4, -0.2) is 58.3 Å². The molecule has 7 heteroatoms. The van der Waals surface area contributed by atoms with Gasteiger partial charge in [-0.2, -0.15) is 0 Å². The quantitative estimate of drug-likeness (QED) is 0.540. The second kappa shape index (κ2) is 4.86. The van der Waals surface area contributed by atoms with Crippen LogP contribution in [-0.2, 0) is 19.1 Å². The number of hydrogen-bond acceptors (Lipinski definition) is 7. The van der Waals surface area contributed by atoms with Crippen LogP contribution in [0.1, 0.15) is 20.3 Å². The van der Waals surface area contributed by atoms with Crippen molar-refractivity contribution in [1.82, 2.24) is 0 Å². The summed E-state index contributed by atoms with van der Waals surface area (Å²) < 4.78 is 10.5. The molecule has 0 aromatic heterocycles. The van der Waals surface area contributed by atoms with Crippen molar-refractivity contribution in [2.45, 2.75) is 38.3 Å². The monoisotopic (exact) mass is 312 g/mol. The predicted molar refractivity (Wildman–Crippen MR) is 72.3 cm³/mol. The van der Waals surface area contributed by atoms with E-state index in [0.717, 1.165) is 0 Å². The number of ketones is 1. The third-order valence-corrected chi connectivity index (χ3v) is 5.38. The van der Waals surface area contributed by atoms with Crippen molar-refractivity contribution in [3.63, 3.8) is 0 Å². The SMILES string of the molecule is CC1COC(=O)C2OC(C)(O)C3(CC=C(CO)C(=O)C3O)C12. The zero-order valence-corrected chi connectivity index (χ0v) is 12.5. The molecule has 2 aliphatic heterocycles. The molecule has 3 rings (SSSR count). The van der Waals surface area contributed by atoms with Gasteiger partial charge in [0.1, 0.15) is 6.10 Å². The highest BCUT2D eigenvalue weighted by Crippen LogP contribution is 2.59. The van der Waals surface area contributed by atoms with Crippen molar-refractivity contribution in [3.8, 4) is 0 Å². The molecule has 0 aromatic rings. The first-order valence-corrected chi connectivity index (χ1v) is 7.35. The van der Waals surface area contributed by atoms with E-state index in [9.17, 15) is 24.9 Å². The number of Topliss-reactive ketones (excluding diaryl/α,β-unsaturated/α-hetero) is 1. The zero-order valence-electron chi connectivity index (χ0n) is 12.5. The molecule has 3 N–H and O–H groups in total. The Hall–Kier alpha value is -1.28. The van der Waals surface area contributed by atoms with Crippen LogP contribution < -0.4 is 0 Å². The minimum atomic E-state index is -1.85. The summed E-state index contributed by atoms with van der Waals surface area (Å²) in [5.74, 6) is -3.80. The van der Waals surface area contributed by atoms with Crippen molar-refractivity contribution in [3.05, 3.63) is 11.6 Å². The molecule has 22 heavy (non-hydrogen) atoms. The standard InChI is InChI=1S/C15H20O7/c1-7-6-21-13(19)11-9(7)15(14(2,20)22-11)4-3-8(5-16)10(17)12(15)18/h3,7,9,11-12,16,18,20H,4-6H2,1-2H3. The molecule has 3 aliphatic rings. The fourth-order valence-corrected chi connectivity index (χ4v) is 4.23. The maximum Gasteiger partial charge on any atom is 0.335 e. The van der Waals surface area contributed by atoms with E-state index in [0.29, 0.717) is 0 Å². The van der Waals surface area contributed by atoms with Crippen LogP contribution in [0.25, 0.3) is 0 Å². The van der Waals surface area contributed by atoms with Crippen molar-refractivity contribution >= 4 is 11.8 Å². The molecule has 6 unspecified atom stereocenters. The van der Waals surface area contributed by atoms with Crippen molar-refractivity contribution in [2.75, 3.05) is 13.2 Å². The van der Waals surface area contributed by atoms with E-state index in [1.807, 2.05) is 6.92 Å². The summed E-state index contributed by atoms with van der Waals surface area (Å²) in [6.45, 7) is 2.87. The van der Waals surface area contributed by atoms with Crippen LogP contribution in [0.5, 0.6) is 0 Å². The number of cyclic esters (lactones) is 1. The van der Waals surface area contributed by atoms with Gasteiger partial charge in [0.2, 0.25) is 0 Å².